The van der Waals surface area contributed by atoms with Crippen molar-refractivity contribution in [3.05, 3.63) is 35.4 Å². The Hall–Kier alpha value is -1.99. The molecule has 0 aromatic heterocycles. The third-order valence-electron chi connectivity index (χ3n) is 2.36. The second-order valence-electron chi connectivity index (χ2n) is 4.49. The molecule has 0 aliphatic heterocycles. The van der Waals surface area contributed by atoms with E-state index in [4.69, 9.17) is 10.5 Å². The fourth-order valence-electron chi connectivity index (χ4n) is 1.48. The summed E-state index contributed by atoms with van der Waals surface area (Å²) in [7, 11) is 1.72. The van der Waals surface area contributed by atoms with E-state index in [1.807, 2.05) is 38.1 Å². The molecule has 102 valence electrons. The monoisotopic (exact) mass is 260 g/mol. The maximum Gasteiger partial charge on any atom is 0.410 e. The Morgan fingerprint density at radius 2 is 2.00 bits per heavy atom. The standard InChI is InChI=1S/C15H20N2O2/c1-12(2)19-15(18)17(3)11-14-8-6-13(7-9-14)5-4-10-16/h6-9,12H,10-11,16H2,1-3H3. The van der Waals surface area contributed by atoms with Crippen molar-refractivity contribution in [3.63, 3.8) is 0 Å². The molecule has 0 aliphatic carbocycles. The molecule has 0 aliphatic rings. The third-order valence-corrected chi connectivity index (χ3v) is 2.36. The summed E-state index contributed by atoms with van der Waals surface area (Å²) in [6.07, 6.45) is -0.425. The molecule has 0 spiro atoms. The van der Waals surface area contributed by atoms with Crippen molar-refractivity contribution in [2.24, 2.45) is 5.73 Å². The lowest BCUT2D eigenvalue weighted by molar-refractivity contribution is 0.0822. The molecule has 1 amide bonds. The van der Waals surface area contributed by atoms with Gasteiger partial charge in [-0.25, -0.2) is 4.79 Å². The number of hydrogen-bond acceptors (Lipinski definition) is 3. The van der Waals surface area contributed by atoms with Gasteiger partial charge in [-0.05, 0) is 31.5 Å². The average molecular weight is 260 g/mol. The first-order valence-corrected chi connectivity index (χ1v) is 6.22. The number of ether oxygens (including phenoxy) is 1. The minimum absolute atomic E-state index is 0.108. The summed E-state index contributed by atoms with van der Waals surface area (Å²) in [5, 5.41) is 0. The first-order chi connectivity index (χ1) is 9.02. The van der Waals surface area contributed by atoms with Gasteiger partial charge in [-0.3, -0.25) is 0 Å². The van der Waals surface area contributed by atoms with Crippen LogP contribution in [0.5, 0.6) is 0 Å². The van der Waals surface area contributed by atoms with Crippen molar-refractivity contribution < 1.29 is 9.53 Å². The first kappa shape index (κ1) is 15.1. The molecule has 4 heteroatoms. The van der Waals surface area contributed by atoms with Crippen LogP contribution in [-0.4, -0.2) is 30.7 Å². The van der Waals surface area contributed by atoms with Crippen LogP contribution in [0.15, 0.2) is 24.3 Å². The van der Waals surface area contributed by atoms with Gasteiger partial charge in [0.2, 0.25) is 0 Å². The van der Waals surface area contributed by atoms with Crippen molar-refractivity contribution >= 4 is 6.09 Å². The van der Waals surface area contributed by atoms with Crippen LogP contribution in [0.1, 0.15) is 25.0 Å². The minimum Gasteiger partial charge on any atom is -0.447 e. The van der Waals surface area contributed by atoms with Crippen LogP contribution >= 0.6 is 0 Å². The quantitative estimate of drug-likeness (QED) is 0.845. The van der Waals surface area contributed by atoms with Gasteiger partial charge in [-0.15, -0.1) is 0 Å². The number of benzene rings is 1. The molecular weight excluding hydrogens is 240 g/mol. The van der Waals surface area contributed by atoms with Crippen molar-refractivity contribution in [1.29, 1.82) is 0 Å². The first-order valence-electron chi connectivity index (χ1n) is 6.22. The Morgan fingerprint density at radius 1 is 1.37 bits per heavy atom. The van der Waals surface area contributed by atoms with Crippen LogP contribution in [0, 0.1) is 11.8 Å². The molecule has 0 saturated carbocycles. The number of carbonyl (C=O) groups excluding carboxylic acids is 1. The topological polar surface area (TPSA) is 55.6 Å². The van der Waals surface area contributed by atoms with Crippen LogP contribution in [0.3, 0.4) is 0 Å². The maximum absolute atomic E-state index is 11.6. The summed E-state index contributed by atoms with van der Waals surface area (Å²) >= 11 is 0. The van der Waals surface area contributed by atoms with Gasteiger partial charge in [0, 0.05) is 19.2 Å². The number of nitrogens with two attached hydrogens (primary N) is 1. The summed E-state index contributed by atoms with van der Waals surface area (Å²) in [5.41, 5.74) is 7.26. The van der Waals surface area contributed by atoms with Gasteiger partial charge in [-0.2, -0.15) is 0 Å². The normalized spacial score (nSPS) is 9.74. The van der Waals surface area contributed by atoms with Gasteiger partial charge in [0.25, 0.3) is 0 Å². The molecule has 1 aromatic carbocycles. The lowest BCUT2D eigenvalue weighted by Gasteiger charge is -2.18. The molecule has 0 radical (unpaired) electrons. The second-order valence-corrected chi connectivity index (χ2v) is 4.49. The number of carbonyl (C=O) groups is 1. The predicted molar refractivity (Wildman–Crippen MR) is 75.5 cm³/mol. The van der Waals surface area contributed by atoms with E-state index >= 15 is 0 Å². The highest BCUT2D eigenvalue weighted by Crippen LogP contribution is 2.07. The Labute approximate surface area is 114 Å². The highest BCUT2D eigenvalue weighted by atomic mass is 16.6. The Balaban J connectivity index is 2.60. The largest absolute Gasteiger partial charge is 0.447 e. The average Bonchev–Trinajstić information content (AvgIpc) is 2.37. The molecule has 0 fully saturated rings. The van der Waals surface area contributed by atoms with Gasteiger partial charge >= 0.3 is 6.09 Å². The second kappa shape index (κ2) is 7.45. The number of rotatable bonds is 3. The fourth-order valence-corrected chi connectivity index (χ4v) is 1.48. The van der Waals surface area contributed by atoms with Crippen molar-refractivity contribution in [1.82, 2.24) is 4.90 Å². The van der Waals surface area contributed by atoms with Crippen molar-refractivity contribution in [3.8, 4) is 11.8 Å². The molecular formula is C15H20N2O2. The van der Waals surface area contributed by atoms with E-state index in [2.05, 4.69) is 11.8 Å². The zero-order chi connectivity index (χ0) is 14.3. The third kappa shape index (κ3) is 5.45. The Morgan fingerprint density at radius 3 is 2.53 bits per heavy atom. The molecule has 19 heavy (non-hydrogen) atoms. The van der Waals surface area contributed by atoms with Crippen LogP contribution in [0.25, 0.3) is 0 Å². The van der Waals surface area contributed by atoms with E-state index in [9.17, 15) is 4.79 Å². The zero-order valence-corrected chi connectivity index (χ0v) is 11.6. The highest BCUT2D eigenvalue weighted by Gasteiger charge is 2.11. The van der Waals surface area contributed by atoms with Gasteiger partial charge < -0.3 is 15.4 Å². The van der Waals surface area contributed by atoms with E-state index in [1.54, 1.807) is 11.9 Å². The van der Waals surface area contributed by atoms with Gasteiger partial charge in [-0.1, -0.05) is 24.0 Å². The zero-order valence-electron chi connectivity index (χ0n) is 11.6. The summed E-state index contributed by atoms with van der Waals surface area (Å²) in [6.45, 7) is 4.52. The van der Waals surface area contributed by atoms with Gasteiger partial charge in [0.05, 0.1) is 12.6 Å². The summed E-state index contributed by atoms with van der Waals surface area (Å²) in [5.74, 6) is 5.75. The van der Waals surface area contributed by atoms with Crippen molar-refractivity contribution in [2.75, 3.05) is 13.6 Å². The summed E-state index contributed by atoms with van der Waals surface area (Å²) in [4.78, 5) is 13.2. The van der Waals surface area contributed by atoms with Crippen LogP contribution in [0.4, 0.5) is 4.79 Å². The summed E-state index contributed by atoms with van der Waals surface area (Å²) < 4.78 is 5.11. The van der Waals surface area contributed by atoms with Gasteiger partial charge in [0.1, 0.15) is 0 Å². The van der Waals surface area contributed by atoms with Crippen molar-refractivity contribution in [2.45, 2.75) is 26.5 Å². The molecule has 0 heterocycles. The Bertz CT molecular complexity index is 469. The minimum atomic E-state index is -0.318. The summed E-state index contributed by atoms with van der Waals surface area (Å²) in [6, 6.07) is 7.72. The van der Waals surface area contributed by atoms with Crippen LogP contribution in [-0.2, 0) is 11.3 Å². The molecule has 1 aromatic rings. The molecule has 0 saturated heterocycles. The SMILES string of the molecule is CC(C)OC(=O)N(C)Cc1ccc(C#CCN)cc1. The van der Waals surface area contributed by atoms with Crippen LogP contribution in [0.2, 0.25) is 0 Å². The van der Waals surface area contributed by atoms with Gasteiger partial charge in [0.15, 0.2) is 0 Å². The Kier molecular flexibility index (Phi) is 5.91. The highest BCUT2D eigenvalue weighted by molar-refractivity contribution is 5.67. The number of hydrogen-bond donors (Lipinski definition) is 1. The van der Waals surface area contributed by atoms with Crippen LogP contribution < -0.4 is 5.73 Å². The van der Waals surface area contributed by atoms with E-state index in [0.717, 1.165) is 11.1 Å². The molecule has 0 atom stereocenters. The molecule has 2 N–H and O–H groups in total. The van der Waals surface area contributed by atoms with E-state index in [0.29, 0.717) is 13.1 Å². The molecule has 4 nitrogen and oxygen atoms in total. The maximum atomic E-state index is 11.6. The predicted octanol–water partition coefficient (Wildman–Crippen LogP) is 1.97. The molecule has 1 rings (SSSR count). The lowest BCUT2D eigenvalue weighted by Crippen LogP contribution is -2.29. The molecule has 0 bridgehead atoms. The number of nitrogens with zero attached hydrogens (tertiary/aromatic N) is 1. The van der Waals surface area contributed by atoms with E-state index < -0.39 is 0 Å². The number of amides is 1. The van der Waals surface area contributed by atoms with E-state index in [-0.39, 0.29) is 12.2 Å². The lowest BCUT2D eigenvalue weighted by atomic mass is 10.1. The van der Waals surface area contributed by atoms with E-state index in [1.165, 1.54) is 0 Å². The smallest absolute Gasteiger partial charge is 0.410 e. The fraction of sp³-hybridized carbons (Fsp3) is 0.400. The molecule has 0 unspecified atom stereocenters.